The Morgan fingerprint density at radius 2 is 2.27 bits per heavy atom. The molecular formula is C17H25N7O2. The first-order valence-electron chi connectivity index (χ1n) is 8.66. The normalized spacial score (nSPS) is 20.0. The van der Waals surface area contributed by atoms with Crippen molar-refractivity contribution in [1.82, 2.24) is 25.1 Å². The minimum absolute atomic E-state index is 0.144. The first kappa shape index (κ1) is 18.1. The minimum atomic E-state index is -0.985. The molecule has 1 saturated heterocycles. The lowest BCUT2D eigenvalue weighted by molar-refractivity contribution is -0.123. The van der Waals surface area contributed by atoms with Gasteiger partial charge in [-0.1, -0.05) is 0 Å². The van der Waals surface area contributed by atoms with Crippen molar-refractivity contribution < 1.29 is 9.90 Å². The smallest absolute Gasteiger partial charge is 0.241 e. The molecule has 0 unspecified atom stereocenters. The fraction of sp³-hybridized carbons (Fsp3) is 0.529. The summed E-state index contributed by atoms with van der Waals surface area (Å²) in [5, 5.41) is 17.7. The summed E-state index contributed by atoms with van der Waals surface area (Å²) in [6.45, 7) is 1.58. The molecule has 9 nitrogen and oxygen atoms in total. The monoisotopic (exact) mass is 359 g/mol. The lowest BCUT2D eigenvalue weighted by Gasteiger charge is -2.40. The molecule has 3 heterocycles. The fourth-order valence-electron chi connectivity index (χ4n) is 3.07. The summed E-state index contributed by atoms with van der Waals surface area (Å²) >= 11 is 0. The van der Waals surface area contributed by atoms with E-state index in [1.807, 2.05) is 30.0 Å². The van der Waals surface area contributed by atoms with Gasteiger partial charge in [0.25, 0.3) is 0 Å². The molecule has 2 aromatic heterocycles. The van der Waals surface area contributed by atoms with Gasteiger partial charge in [0.2, 0.25) is 5.91 Å². The lowest BCUT2D eigenvalue weighted by atomic mass is 9.92. The number of β-amino-alcohol motifs (C(OH)–C–C–N with tert-alkyl or cyclic N) is 1. The average molecular weight is 359 g/mol. The zero-order valence-corrected chi connectivity index (χ0v) is 15.2. The van der Waals surface area contributed by atoms with Gasteiger partial charge in [0.05, 0.1) is 5.60 Å². The summed E-state index contributed by atoms with van der Waals surface area (Å²) in [5.41, 5.74) is -0.985. The van der Waals surface area contributed by atoms with Crippen LogP contribution in [0.5, 0.6) is 0 Å². The van der Waals surface area contributed by atoms with Crippen molar-refractivity contribution in [2.45, 2.75) is 25.0 Å². The Morgan fingerprint density at radius 1 is 1.42 bits per heavy atom. The van der Waals surface area contributed by atoms with Gasteiger partial charge >= 0.3 is 0 Å². The van der Waals surface area contributed by atoms with E-state index in [4.69, 9.17) is 0 Å². The Balaban J connectivity index is 1.59. The van der Waals surface area contributed by atoms with Crippen molar-refractivity contribution in [3.05, 3.63) is 30.9 Å². The second kappa shape index (κ2) is 7.69. The van der Waals surface area contributed by atoms with Gasteiger partial charge in [0.15, 0.2) is 0 Å². The number of carbonyl (C=O) groups is 1. The zero-order chi connectivity index (χ0) is 18.6. The molecule has 0 spiro atoms. The number of aliphatic hydroxyl groups is 1. The van der Waals surface area contributed by atoms with Crippen LogP contribution in [0, 0.1) is 0 Å². The molecule has 1 amide bonds. The molecule has 3 rings (SSSR count). The molecule has 9 heteroatoms. The maximum atomic E-state index is 12.0. The molecule has 0 aromatic carbocycles. The minimum Gasteiger partial charge on any atom is -0.386 e. The van der Waals surface area contributed by atoms with E-state index in [2.05, 4.69) is 20.4 Å². The summed E-state index contributed by atoms with van der Waals surface area (Å²) in [5.74, 6) is 1.43. The quantitative estimate of drug-likeness (QED) is 0.742. The van der Waals surface area contributed by atoms with Gasteiger partial charge in [-0.05, 0) is 18.9 Å². The molecule has 1 aliphatic rings. The molecule has 0 radical (unpaired) electrons. The maximum absolute atomic E-state index is 12.0. The van der Waals surface area contributed by atoms with Gasteiger partial charge in [-0.25, -0.2) is 9.97 Å². The molecule has 140 valence electrons. The van der Waals surface area contributed by atoms with E-state index in [9.17, 15) is 9.90 Å². The standard InChI is InChI=1S/C17H25N7O2/c1-22(2)14-9-15(20-13-19-14)23-7-3-5-17(26,12-23)11-18-16(25)10-24-8-4-6-21-24/h4,6,8-9,13,26H,3,5,7,10-12H2,1-2H3,(H,18,25)/t17-/m1/s1. The number of carbonyl (C=O) groups excluding carboxylic acids is 1. The van der Waals surface area contributed by atoms with E-state index in [0.29, 0.717) is 13.0 Å². The first-order valence-corrected chi connectivity index (χ1v) is 8.66. The van der Waals surface area contributed by atoms with Crippen molar-refractivity contribution >= 4 is 17.5 Å². The highest BCUT2D eigenvalue weighted by molar-refractivity contribution is 5.75. The average Bonchev–Trinajstić information content (AvgIpc) is 3.13. The highest BCUT2D eigenvalue weighted by Gasteiger charge is 2.34. The van der Waals surface area contributed by atoms with Gasteiger partial charge in [0.1, 0.15) is 24.5 Å². The summed E-state index contributed by atoms with van der Waals surface area (Å²) < 4.78 is 1.55. The van der Waals surface area contributed by atoms with E-state index >= 15 is 0 Å². The highest BCUT2D eigenvalue weighted by atomic mass is 16.3. The van der Waals surface area contributed by atoms with Crippen LogP contribution in [0.1, 0.15) is 12.8 Å². The summed E-state index contributed by atoms with van der Waals surface area (Å²) in [4.78, 5) is 24.6. The first-order chi connectivity index (χ1) is 12.5. The van der Waals surface area contributed by atoms with Crippen LogP contribution in [-0.2, 0) is 11.3 Å². The SMILES string of the molecule is CN(C)c1cc(N2CCC[C@@](O)(CNC(=O)Cn3cccn3)C2)ncn1. The number of anilines is 2. The Hall–Kier alpha value is -2.68. The Bertz CT molecular complexity index is 734. The molecule has 0 aliphatic carbocycles. The Labute approximate surface area is 152 Å². The molecule has 1 aliphatic heterocycles. The molecule has 0 bridgehead atoms. The number of hydrogen-bond donors (Lipinski definition) is 2. The maximum Gasteiger partial charge on any atom is 0.241 e. The van der Waals surface area contributed by atoms with Gasteiger partial charge in [-0.2, -0.15) is 5.10 Å². The number of nitrogens with one attached hydrogen (secondary N) is 1. The number of aromatic nitrogens is 4. The third-order valence-corrected chi connectivity index (χ3v) is 4.46. The molecule has 2 aromatic rings. The van der Waals surface area contributed by atoms with Crippen LogP contribution >= 0.6 is 0 Å². The van der Waals surface area contributed by atoms with E-state index in [0.717, 1.165) is 24.6 Å². The Kier molecular flexibility index (Phi) is 5.36. The second-order valence-electron chi connectivity index (χ2n) is 6.86. The molecule has 26 heavy (non-hydrogen) atoms. The van der Waals surface area contributed by atoms with E-state index in [1.54, 1.807) is 23.1 Å². The summed E-state index contributed by atoms with van der Waals surface area (Å²) in [7, 11) is 3.85. The van der Waals surface area contributed by atoms with Crippen LogP contribution in [0.25, 0.3) is 0 Å². The molecule has 1 fully saturated rings. The summed E-state index contributed by atoms with van der Waals surface area (Å²) in [6.07, 6.45) is 6.35. The van der Waals surface area contributed by atoms with Crippen LogP contribution in [0.15, 0.2) is 30.9 Å². The third kappa shape index (κ3) is 4.48. The van der Waals surface area contributed by atoms with Crippen molar-refractivity contribution in [3.8, 4) is 0 Å². The van der Waals surface area contributed by atoms with Crippen LogP contribution < -0.4 is 15.1 Å². The van der Waals surface area contributed by atoms with Crippen LogP contribution in [0.4, 0.5) is 11.6 Å². The summed E-state index contributed by atoms with van der Waals surface area (Å²) in [6, 6.07) is 3.67. The molecular weight excluding hydrogens is 334 g/mol. The van der Waals surface area contributed by atoms with Gasteiger partial charge in [-0.15, -0.1) is 0 Å². The van der Waals surface area contributed by atoms with E-state index < -0.39 is 5.60 Å². The number of rotatable bonds is 6. The highest BCUT2D eigenvalue weighted by Crippen LogP contribution is 2.25. The topological polar surface area (TPSA) is 99.4 Å². The molecule has 1 atom stereocenters. The van der Waals surface area contributed by atoms with E-state index in [-0.39, 0.29) is 19.0 Å². The van der Waals surface area contributed by atoms with Gasteiger partial charge in [0, 0.05) is 52.2 Å². The van der Waals surface area contributed by atoms with Crippen molar-refractivity contribution in [3.63, 3.8) is 0 Å². The Morgan fingerprint density at radius 3 is 3.00 bits per heavy atom. The van der Waals surface area contributed by atoms with Crippen LogP contribution in [0.2, 0.25) is 0 Å². The molecule has 2 N–H and O–H groups in total. The third-order valence-electron chi connectivity index (χ3n) is 4.46. The number of piperidine rings is 1. The van der Waals surface area contributed by atoms with E-state index in [1.165, 1.54) is 6.33 Å². The van der Waals surface area contributed by atoms with Crippen LogP contribution in [0.3, 0.4) is 0 Å². The van der Waals surface area contributed by atoms with Gasteiger partial charge < -0.3 is 20.2 Å². The predicted octanol–water partition coefficient (Wildman–Crippen LogP) is -0.113. The number of hydrogen-bond acceptors (Lipinski definition) is 7. The largest absolute Gasteiger partial charge is 0.386 e. The second-order valence-corrected chi connectivity index (χ2v) is 6.86. The lowest BCUT2D eigenvalue weighted by Crippen LogP contribution is -2.54. The van der Waals surface area contributed by atoms with Gasteiger partial charge in [-0.3, -0.25) is 9.48 Å². The fourth-order valence-corrected chi connectivity index (χ4v) is 3.07. The molecule has 0 saturated carbocycles. The van der Waals surface area contributed by atoms with Crippen LogP contribution in [-0.4, -0.2) is 70.1 Å². The number of nitrogens with zero attached hydrogens (tertiary/aromatic N) is 6. The zero-order valence-electron chi connectivity index (χ0n) is 15.2. The van der Waals surface area contributed by atoms with Crippen molar-refractivity contribution in [2.24, 2.45) is 0 Å². The number of amides is 1. The van der Waals surface area contributed by atoms with Crippen molar-refractivity contribution in [2.75, 3.05) is 43.5 Å². The van der Waals surface area contributed by atoms with Crippen molar-refractivity contribution in [1.29, 1.82) is 0 Å². The predicted molar refractivity (Wildman–Crippen MR) is 98.0 cm³/mol.